The fourth-order valence-electron chi connectivity index (χ4n) is 2.75. The van der Waals surface area contributed by atoms with Crippen molar-refractivity contribution in [2.75, 3.05) is 5.32 Å². The van der Waals surface area contributed by atoms with Gasteiger partial charge in [-0.25, -0.2) is 4.98 Å². The summed E-state index contributed by atoms with van der Waals surface area (Å²) in [6.45, 7) is 1.76. The van der Waals surface area contributed by atoms with Crippen molar-refractivity contribution in [1.82, 2.24) is 14.8 Å². The Morgan fingerprint density at radius 3 is 2.83 bits per heavy atom. The van der Waals surface area contributed by atoms with Gasteiger partial charge in [0.1, 0.15) is 5.76 Å². The van der Waals surface area contributed by atoms with Gasteiger partial charge in [0, 0.05) is 29.8 Å². The molecule has 8 nitrogen and oxygen atoms in total. The molecule has 3 heterocycles. The normalized spacial score (nSPS) is 10.8. The van der Waals surface area contributed by atoms with Gasteiger partial charge in [0.15, 0.2) is 35.2 Å². The Labute approximate surface area is 170 Å². The predicted molar refractivity (Wildman–Crippen MR) is 105 cm³/mol. The molecule has 9 heteroatoms. The average molecular weight is 411 g/mol. The summed E-state index contributed by atoms with van der Waals surface area (Å²) >= 11 is 6.01. The number of ketones is 1. The van der Waals surface area contributed by atoms with Crippen LogP contribution in [0.3, 0.4) is 0 Å². The quantitative estimate of drug-likeness (QED) is 0.475. The highest BCUT2D eigenvalue weighted by molar-refractivity contribution is 6.30. The van der Waals surface area contributed by atoms with Crippen molar-refractivity contribution in [2.45, 2.75) is 13.5 Å². The van der Waals surface area contributed by atoms with Crippen molar-refractivity contribution >= 4 is 29.1 Å². The second-order valence-electron chi connectivity index (χ2n) is 6.22. The van der Waals surface area contributed by atoms with Crippen molar-refractivity contribution < 1.29 is 18.4 Å². The van der Waals surface area contributed by atoms with Gasteiger partial charge in [-0.3, -0.25) is 14.3 Å². The third-order valence-electron chi connectivity index (χ3n) is 4.08. The number of carbonyl (C=O) groups is 2. The summed E-state index contributed by atoms with van der Waals surface area (Å²) in [5.74, 6) is 0.921. The minimum atomic E-state index is -0.462. The van der Waals surface area contributed by atoms with Gasteiger partial charge in [-0.2, -0.15) is 5.10 Å². The Bertz CT molecular complexity index is 1190. The summed E-state index contributed by atoms with van der Waals surface area (Å²) in [5.41, 5.74) is 0.767. The highest BCUT2D eigenvalue weighted by atomic mass is 35.5. The Balaban J connectivity index is 1.47. The maximum atomic E-state index is 12.6. The van der Waals surface area contributed by atoms with Gasteiger partial charge in [-0.1, -0.05) is 23.7 Å². The molecule has 0 aliphatic heterocycles. The molecule has 0 saturated carbocycles. The summed E-state index contributed by atoms with van der Waals surface area (Å²) in [6, 6.07) is 11.9. The molecule has 146 valence electrons. The number of benzene rings is 1. The molecule has 0 unspecified atom stereocenters. The van der Waals surface area contributed by atoms with Crippen molar-refractivity contribution in [3.8, 4) is 11.3 Å². The molecule has 0 bridgehead atoms. The Morgan fingerprint density at radius 2 is 2.07 bits per heavy atom. The minimum Gasteiger partial charge on any atom is -0.456 e. The summed E-state index contributed by atoms with van der Waals surface area (Å²) in [7, 11) is 0. The van der Waals surface area contributed by atoms with E-state index in [1.165, 1.54) is 13.3 Å². The number of amides is 1. The highest BCUT2D eigenvalue weighted by Crippen LogP contribution is 2.26. The number of hydrogen-bond acceptors (Lipinski definition) is 6. The molecule has 0 atom stereocenters. The number of nitrogens with zero attached hydrogens (tertiary/aromatic N) is 3. The molecule has 1 amide bonds. The fourth-order valence-corrected chi connectivity index (χ4v) is 2.94. The summed E-state index contributed by atoms with van der Waals surface area (Å²) in [4.78, 5) is 28.0. The van der Waals surface area contributed by atoms with Crippen LogP contribution in [-0.2, 0) is 6.54 Å². The minimum absolute atomic E-state index is 0.124. The third-order valence-corrected chi connectivity index (χ3v) is 4.31. The molecule has 3 aromatic heterocycles. The van der Waals surface area contributed by atoms with Crippen molar-refractivity contribution in [3.63, 3.8) is 0 Å². The van der Waals surface area contributed by atoms with E-state index in [-0.39, 0.29) is 11.5 Å². The molecule has 0 fully saturated rings. The highest BCUT2D eigenvalue weighted by Gasteiger charge is 2.19. The van der Waals surface area contributed by atoms with Crippen molar-refractivity contribution in [3.05, 3.63) is 77.3 Å². The third kappa shape index (κ3) is 4.12. The van der Waals surface area contributed by atoms with Crippen LogP contribution in [0.5, 0.6) is 0 Å². The van der Waals surface area contributed by atoms with Crippen LogP contribution in [0, 0.1) is 0 Å². The van der Waals surface area contributed by atoms with Gasteiger partial charge >= 0.3 is 0 Å². The largest absolute Gasteiger partial charge is 0.456 e. The average Bonchev–Trinajstić information content (AvgIpc) is 3.42. The van der Waals surface area contributed by atoms with E-state index in [4.69, 9.17) is 20.4 Å². The van der Waals surface area contributed by atoms with Crippen LogP contribution < -0.4 is 5.32 Å². The monoisotopic (exact) mass is 410 g/mol. The van der Waals surface area contributed by atoms with Gasteiger partial charge in [0.2, 0.25) is 0 Å². The molecule has 4 aromatic rings. The number of oxazole rings is 1. The van der Waals surface area contributed by atoms with E-state index in [0.717, 1.165) is 0 Å². The first-order chi connectivity index (χ1) is 14.0. The predicted octanol–water partition coefficient (Wildman–Crippen LogP) is 4.29. The Kier molecular flexibility index (Phi) is 5.01. The van der Waals surface area contributed by atoms with E-state index in [1.807, 2.05) is 0 Å². The maximum absolute atomic E-state index is 12.6. The van der Waals surface area contributed by atoms with Gasteiger partial charge < -0.3 is 14.2 Å². The van der Waals surface area contributed by atoms with Crippen LogP contribution in [0.4, 0.5) is 5.82 Å². The smallest absolute Gasteiger partial charge is 0.279 e. The van der Waals surface area contributed by atoms with Gasteiger partial charge in [-0.05, 0) is 24.3 Å². The molecule has 0 aliphatic carbocycles. The number of rotatable bonds is 6. The summed E-state index contributed by atoms with van der Waals surface area (Å²) in [5, 5.41) is 7.50. The molecule has 0 aliphatic rings. The molecular formula is C20H15ClN4O4. The maximum Gasteiger partial charge on any atom is 0.279 e. The van der Waals surface area contributed by atoms with Crippen LogP contribution in [-0.4, -0.2) is 26.5 Å². The summed E-state index contributed by atoms with van der Waals surface area (Å²) < 4.78 is 12.4. The fraction of sp³-hybridized carbons (Fsp3) is 0.100. The number of nitrogens with one attached hydrogen (secondary N) is 1. The molecule has 4 rings (SSSR count). The SMILES string of the molecule is CC(=O)c1ccc(Cn2ccc(NC(=O)c3ncoc3-c3cccc(Cl)c3)n2)o1. The zero-order valence-corrected chi connectivity index (χ0v) is 16.0. The van der Waals surface area contributed by atoms with E-state index in [2.05, 4.69) is 15.4 Å². The van der Waals surface area contributed by atoms with E-state index < -0.39 is 5.91 Å². The standard InChI is InChI=1S/C20H15ClN4O4/c1-12(26)16-6-5-15(29-16)10-25-8-7-17(24-25)23-20(27)18-19(28-11-22-18)13-3-2-4-14(21)9-13/h2-9,11H,10H2,1H3,(H,23,24,27). The number of hydrogen-bond donors (Lipinski definition) is 1. The molecule has 1 aromatic carbocycles. The second-order valence-corrected chi connectivity index (χ2v) is 6.65. The topological polar surface area (TPSA) is 103 Å². The van der Waals surface area contributed by atoms with Crippen LogP contribution in [0.2, 0.25) is 5.02 Å². The van der Waals surface area contributed by atoms with Crippen LogP contribution >= 0.6 is 11.6 Å². The first kappa shape index (κ1) is 18.7. The van der Waals surface area contributed by atoms with Crippen molar-refractivity contribution in [1.29, 1.82) is 0 Å². The lowest BCUT2D eigenvalue weighted by molar-refractivity contribution is 0.0983. The van der Waals surface area contributed by atoms with Gasteiger partial charge in [0.05, 0.1) is 6.54 Å². The number of halogens is 1. The van der Waals surface area contributed by atoms with Crippen molar-refractivity contribution in [2.24, 2.45) is 0 Å². The second kappa shape index (κ2) is 7.76. The number of furan rings is 1. The Hall–Kier alpha value is -3.65. The van der Waals surface area contributed by atoms with E-state index in [9.17, 15) is 9.59 Å². The lowest BCUT2D eigenvalue weighted by Gasteiger charge is -2.03. The zero-order valence-electron chi connectivity index (χ0n) is 15.3. The molecule has 0 spiro atoms. The van der Waals surface area contributed by atoms with Gasteiger partial charge in [-0.15, -0.1) is 0 Å². The molecule has 29 heavy (non-hydrogen) atoms. The number of Topliss-reactive ketones (excluding diaryl/α,β-unsaturated/α-hetero) is 1. The number of aromatic nitrogens is 3. The first-order valence-electron chi connectivity index (χ1n) is 8.63. The van der Waals surface area contributed by atoms with E-state index in [1.54, 1.807) is 53.3 Å². The lowest BCUT2D eigenvalue weighted by atomic mass is 10.1. The zero-order chi connectivity index (χ0) is 20.4. The van der Waals surface area contributed by atoms with E-state index in [0.29, 0.717) is 40.2 Å². The number of anilines is 1. The van der Waals surface area contributed by atoms with Gasteiger partial charge in [0.25, 0.3) is 5.91 Å². The van der Waals surface area contributed by atoms with Crippen LogP contribution in [0.15, 0.2) is 63.9 Å². The number of carbonyl (C=O) groups excluding carboxylic acids is 2. The Morgan fingerprint density at radius 1 is 1.21 bits per heavy atom. The van der Waals surface area contributed by atoms with Crippen LogP contribution in [0.25, 0.3) is 11.3 Å². The molecule has 0 radical (unpaired) electrons. The molecule has 0 saturated heterocycles. The lowest BCUT2D eigenvalue weighted by Crippen LogP contribution is -2.14. The van der Waals surface area contributed by atoms with Crippen LogP contribution in [0.1, 0.15) is 33.7 Å². The first-order valence-corrected chi connectivity index (χ1v) is 9.01. The molecular weight excluding hydrogens is 396 g/mol. The van der Waals surface area contributed by atoms with E-state index >= 15 is 0 Å². The summed E-state index contributed by atoms with van der Waals surface area (Å²) in [6.07, 6.45) is 2.89. The molecule has 1 N–H and O–H groups in total.